The summed E-state index contributed by atoms with van der Waals surface area (Å²) >= 11 is 3.54. The lowest BCUT2D eigenvalue weighted by atomic mass is 10.2. The van der Waals surface area contributed by atoms with Crippen LogP contribution < -0.4 is 15.0 Å². The van der Waals surface area contributed by atoms with Gasteiger partial charge < -0.3 is 15.0 Å². The molecule has 0 aliphatic carbocycles. The molecule has 3 rings (SSSR count). The first kappa shape index (κ1) is 17.9. The molecule has 2 heterocycles. The number of anilines is 2. The van der Waals surface area contributed by atoms with Crippen LogP contribution in [0.25, 0.3) is 0 Å². The summed E-state index contributed by atoms with van der Waals surface area (Å²) in [5, 5.41) is 3.53. The second-order valence-electron chi connectivity index (χ2n) is 6.48. The number of nitrogens with one attached hydrogen (secondary N) is 1. The highest BCUT2D eigenvalue weighted by Gasteiger charge is 2.23. The SMILES string of the molecule is COc1ccc(Br)cc1CN1CCC(Nc2cc(N(C)C)ncn2)C1. The fourth-order valence-corrected chi connectivity index (χ4v) is 3.49. The van der Waals surface area contributed by atoms with E-state index in [0.717, 1.165) is 47.9 Å². The molecule has 0 radical (unpaired) electrons. The smallest absolute Gasteiger partial charge is 0.133 e. The number of likely N-dealkylation sites (tertiary alicyclic amines) is 1. The van der Waals surface area contributed by atoms with Crippen molar-refractivity contribution in [3.63, 3.8) is 0 Å². The average molecular weight is 406 g/mol. The van der Waals surface area contributed by atoms with Gasteiger partial charge >= 0.3 is 0 Å². The van der Waals surface area contributed by atoms with E-state index in [-0.39, 0.29) is 0 Å². The van der Waals surface area contributed by atoms with Crippen LogP contribution in [0.3, 0.4) is 0 Å². The Balaban J connectivity index is 1.61. The fourth-order valence-electron chi connectivity index (χ4n) is 3.09. The van der Waals surface area contributed by atoms with Crippen molar-refractivity contribution in [3.8, 4) is 5.75 Å². The van der Waals surface area contributed by atoms with Gasteiger partial charge in [-0.25, -0.2) is 9.97 Å². The van der Waals surface area contributed by atoms with E-state index >= 15 is 0 Å². The Labute approximate surface area is 157 Å². The maximum atomic E-state index is 5.48. The molecular formula is C18H24BrN5O. The van der Waals surface area contributed by atoms with Gasteiger partial charge in [0.15, 0.2) is 0 Å². The molecule has 134 valence electrons. The number of methoxy groups -OCH3 is 1. The quantitative estimate of drug-likeness (QED) is 0.796. The summed E-state index contributed by atoms with van der Waals surface area (Å²) in [7, 11) is 5.68. The van der Waals surface area contributed by atoms with Crippen LogP contribution in [-0.4, -0.2) is 55.2 Å². The molecule has 6 nitrogen and oxygen atoms in total. The first-order valence-electron chi connectivity index (χ1n) is 8.36. The van der Waals surface area contributed by atoms with Crippen molar-refractivity contribution >= 4 is 27.6 Å². The van der Waals surface area contributed by atoms with Crippen LogP contribution in [0.4, 0.5) is 11.6 Å². The minimum atomic E-state index is 0.392. The van der Waals surface area contributed by atoms with Crippen LogP contribution in [0.1, 0.15) is 12.0 Å². The van der Waals surface area contributed by atoms with Crippen molar-refractivity contribution in [3.05, 3.63) is 40.6 Å². The van der Waals surface area contributed by atoms with E-state index in [4.69, 9.17) is 4.74 Å². The number of nitrogens with zero attached hydrogens (tertiary/aromatic N) is 4. The Morgan fingerprint density at radius 2 is 2.16 bits per heavy atom. The number of hydrogen-bond acceptors (Lipinski definition) is 6. The van der Waals surface area contributed by atoms with Gasteiger partial charge in [-0.2, -0.15) is 0 Å². The van der Waals surface area contributed by atoms with Gasteiger partial charge in [0.1, 0.15) is 23.7 Å². The molecule has 1 aliphatic rings. The molecule has 0 bridgehead atoms. The van der Waals surface area contributed by atoms with E-state index in [1.54, 1.807) is 13.4 Å². The summed E-state index contributed by atoms with van der Waals surface area (Å²) in [4.78, 5) is 13.0. The van der Waals surface area contributed by atoms with Gasteiger partial charge in [0.2, 0.25) is 0 Å². The van der Waals surface area contributed by atoms with Crippen molar-refractivity contribution in [1.82, 2.24) is 14.9 Å². The topological polar surface area (TPSA) is 53.5 Å². The van der Waals surface area contributed by atoms with Crippen molar-refractivity contribution < 1.29 is 4.74 Å². The normalized spacial score (nSPS) is 17.5. The molecule has 0 saturated carbocycles. The summed E-state index contributed by atoms with van der Waals surface area (Å²) in [5.41, 5.74) is 1.20. The molecule has 1 saturated heterocycles. The molecule has 1 aliphatic heterocycles. The molecule has 1 aromatic carbocycles. The summed E-state index contributed by atoms with van der Waals surface area (Å²) in [6.45, 7) is 2.92. The van der Waals surface area contributed by atoms with Crippen molar-refractivity contribution in [2.24, 2.45) is 0 Å². The third-order valence-corrected chi connectivity index (χ3v) is 4.86. The summed E-state index contributed by atoms with van der Waals surface area (Å²) in [6, 6.07) is 8.53. The van der Waals surface area contributed by atoms with Gasteiger partial charge in [-0.3, -0.25) is 4.90 Å². The van der Waals surface area contributed by atoms with Crippen LogP contribution in [0.15, 0.2) is 35.1 Å². The first-order valence-corrected chi connectivity index (χ1v) is 9.15. The highest BCUT2D eigenvalue weighted by Crippen LogP contribution is 2.26. The Morgan fingerprint density at radius 1 is 1.32 bits per heavy atom. The van der Waals surface area contributed by atoms with Crippen molar-refractivity contribution in [2.75, 3.05) is 44.5 Å². The lowest BCUT2D eigenvalue weighted by molar-refractivity contribution is 0.318. The third-order valence-electron chi connectivity index (χ3n) is 4.37. The van der Waals surface area contributed by atoms with Gasteiger partial charge in [-0.1, -0.05) is 15.9 Å². The average Bonchev–Trinajstić information content (AvgIpc) is 3.02. The molecule has 0 amide bonds. The lowest BCUT2D eigenvalue weighted by Crippen LogP contribution is -2.26. The second kappa shape index (κ2) is 8.01. The van der Waals surface area contributed by atoms with E-state index in [0.29, 0.717) is 6.04 Å². The summed E-state index contributed by atoms with van der Waals surface area (Å²) in [5.74, 6) is 2.72. The second-order valence-corrected chi connectivity index (χ2v) is 7.39. The van der Waals surface area contributed by atoms with E-state index in [9.17, 15) is 0 Å². The molecule has 2 aromatic rings. The summed E-state index contributed by atoms with van der Waals surface area (Å²) in [6.07, 6.45) is 2.70. The van der Waals surface area contributed by atoms with Gasteiger partial charge in [0, 0.05) is 55.9 Å². The molecule has 25 heavy (non-hydrogen) atoms. The van der Waals surface area contributed by atoms with Gasteiger partial charge in [-0.05, 0) is 24.6 Å². The highest BCUT2D eigenvalue weighted by molar-refractivity contribution is 9.10. The Hall–Kier alpha value is -1.86. The number of aromatic nitrogens is 2. The largest absolute Gasteiger partial charge is 0.496 e. The standard InChI is InChI=1S/C18H24BrN5O/c1-23(2)18-9-17(20-12-21-18)22-15-6-7-24(11-15)10-13-8-14(19)4-5-16(13)25-3/h4-5,8-9,12,15H,6-7,10-11H2,1-3H3,(H,20,21,22). The zero-order valence-electron chi connectivity index (χ0n) is 14.9. The molecule has 1 aromatic heterocycles. The number of rotatable bonds is 6. The Morgan fingerprint density at radius 3 is 2.92 bits per heavy atom. The highest BCUT2D eigenvalue weighted by atomic mass is 79.9. The number of benzene rings is 1. The number of halogens is 1. The van der Waals surface area contributed by atoms with E-state index in [1.165, 1.54) is 5.56 Å². The molecule has 1 atom stereocenters. The van der Waals surface area contributed by atoms with Crippen LogP contribution in [0.2, 0.25) is 0 Å². The maximum absolute atomic E-state index is 5.48. The van der Waals surface area contributed by atoms with E-state index in [2.05, 4.69) is 42.2 Å². The summed E-state index contributed by atoms with van der Waals surface area (Å²) < 4.78 is 6.56. The zero-order chi connectivity index (χ0) is 17.8. The van der Waals surface area contributed by atoms with Crippen molar-refractivity contribution in [1.29, 1.82) is 0 Å². The first-order chi connectivity index (χ1) is 12.0. The van der Waals surface area contributed by atoms with Gasteiger partial charge in [0.25, 0.3) is 0 Å². The van der Waals surface area contributed by atoms with Crippen molar-refractivity contribution in [2.45, 2.75) is 19.0 Å². The fraction of sp³-hybridized carbons (Fsp3) is 0.444. The Kier molecular flexibility index (Phi) is 5.75. The zero-order valence-corrected chi connectivity index (χ0v) is 16.5. The van der Waals surface area contributed by atoms with Crippen LogP contribution >= 0.6 is 15.9 Å². The Bertz CT molecular complexity index is 724. The predicted molar refractivity (Wildman–Crippen MR) is 104 cm³/mol. The monoisotopic (exact) mass is 405 g/mol. The molecule has 7 heteroatoms. The molecule has 1 N–H and O–H groups in total. The number of ether oxygens (including phenoxy) is 1. The predicted octanol–water partition coefficient (Wildman–Crippen LogP) is 3.00. The van der Waals surface area contributed by atoms with Gasteiger partial charge in [-0.15, -0.1) is 0 Å². The molecule has 0 spiro atoms. The minimum absolute atomic E-state index is 0.392. The lowest BCUT2D eigenvalue weighted by Gasteiger charge is -2.19. The van der Waals surface area contributed by atoms with Crippen LogP contribution in [0.5, 0.6) is 5.75 Å². The number of hydrogen-bond donors (Lipinski definition) is 1. The third kappa shape index (κ3) is 4.61. The van der Waals surface area contributed by atoms with E-state index < -0.39 is 0 Å². The molecule has 1 unspecified atom stereocenters. The van der Waals surface area contributed by atoms with Gasteiger partial charge in [0.05, 0.1) is 7.11 Å². The molecule has 1 fully saturated rings. The van der Waals surface area contributed by atoms with Crippen LogP contribution in [-0.2, 0) is 6.54 Å². The molecular weight excluding hydrogens is 382 g/mol. The van der Waals surface area contributed by atoms with Crippen LogP contribution in [0, 0.1) is 0 Å². The minimum Gasteiger partial charge on any atom is -0.496 e. The maximum Gasteiger partial charge on any atom is 0.133 e. The van der Waals surface area contributed by atoms with E-state index in [1.807, 2.05) is 37.2 Å².